The minimum absolute atomic E-state index is 0.0261. The van der Waals surface area contributed by atoms with E-state index in [1.54, 1.807) is 36.4 Å². The fourth-order valence-corrected chi connectivity index (χ4v) is 3.73. The van der Waals surface area contributed by atoms with Crippen LogP contribution in [0.15, 0.2) is 77.7 Å². The molecule has 0 heterocycles. The Labute approximate surface area is 162 Å². The summed E-state index contributed by atoms with van der Waals surface area (Å²) >= 11 is 0. The maximum absolute atomic E-state index is 13.9. The summed E-state index contributed by atoms with van der Waals surface area (Å²) in [6.07, 6.45) is 0. The van der Waals surface area contributed by atoms with Gasteiger partial charge in [-0.1, -0.05) is 36.4 Å². The Kier molecular flexibility index (Phi) is 5.60. The molecule has 144 valence electrons. The zero-order chi connectivity index (χ0) is 20.1. The first kappa shape index (κ1) is 19.4. The average molecular weight is 400 g/mol. The van der Waals surface area contributed by atoms with Crippen molar-refractivity contribution < 1.29 is 22.3 Å². The summed E-state index contributed by atoms with van der Waals surface area (Å²) in [6.45, 7) is 0. The lowest BCUT2D eigenvalue weighted by Gasteiger charge is -2.14. The Bertz CT molecular complexity index is 1120. The number of amides is 1. The van der Waals surface area contributed by atoms with Gasteiger partial charge in [0, 0.05) is 0 Å². The van der Waals surface area contributed by atoms with Crippen LogP contribution >= 0.6 is 0 Å². The number of carbonyl (C=O) groups is 1. The van der Waals surface area contributed by atoms with Crippen LogP contribution in [0.1, 0.15) is 10.4 Å². The number of carbonyl (C=O) groups excluding carboxylic acids is 1. The SMILES string of the molecule is COc1ccccc1NC(=O)c1ccccc1NS(=O)(=O)c1ccccc1F. The van der Waals surface area contributed by atoms with E-state index >= 15 is 0 Å². The Morgan fingerprint density at radius 2 is 1.50 bits per heavy atom. The molecule has 1 amide bonds. The molecule has 0 aliphatic heterocycles. The zero-order valence-electron chi connectivity index (χ0n) is 14.8. The van der Waals surface area contributed by atoms with Crippen molar-refractivity contribution in [1.82, 2.24) is 0 Å². The molecule has 28 heavy (non-hydrogen) atoms. The average Bonchev–Trinajstić information content (AvgIpc) is 2.68. The molecule has 0 aliphatic rings. The van der Waals surface area contributed by atoms with Gasteiger partial charge in [0.2, 0.25) is 0 Å². The molecule has 6 nitrogen and oxygen atoms in total. The van der Waals surface area contributed by atoms with Crippen LogP contribution in [-0.4, -0.2) is 21.4 Å². The second-order valence-corrected chi connectivity index (χ2v) is 7.39. The van der Waals surface area contributed by atoms with Crippen molar-refractivity contribution in [1.29, 1.82) is 0 Å². The summed E-state index contributed by atoms with van der Waals surface area (Å²) in [5.41, 5.74) is 0.535. The van der Waals surface area contributed by atoms with E-state index in [9.17, 15) is 17.6 Å². The number of hydrogen-bond acceptors (Lipinski definition) is 4. The van der Waals surface area contributed by atoms with Crippen LogP contribution in [0.25, 0.3) is 0 Å². The molecule has 8 heteroatoms. The molecule has 0 spiro atoms. The lowest BCUT2D eigenvalue weighted by atomic mass is 10.1. The second-order valence-electron chi connectivity index (χ2n) is 5.74. The number of rotatable bonds is 6. The van der Waals surface area contributed by atoms with E-state index in [2.05, 4.69) is 10.0 Å². The van der Waals surface area contributed by atoms with Gasteiger partial charge in [-0.2, -0.15) is 0 Å². The van der Waals surface area contributed by atoms with E-state index in [4.69, 9.17) is 4.74 Å². The summed E-state index contributed by atoms with van der Waals surface area (Å²) < 4.78 is 46.5. The Morgan fingerprint density at radius 1 is 0.893 bits per heavy atom. The molecule has 0 radical (unpaired) electrons. The fraction of sp³-hybridized carbons (Fsp3) is 0.0500. The molecule has 0 saturated carbocycles. The topological polar surface area (TPSA) is 84.5 Å². The maximum Gasteiger partial charge on any atom is 0.264 e. The lowest BCUT2D eigenvalue weighted by molar-refractivity contribution is 0.102. The van der Waals surface area contributed by atoms with E-state index in [-0.39, 0.29) is 11.3 Å². The van der Waals surface area contributed by atoms with E-state index in [0.717, 1.165) is 12.1 Å². The number of nitrogens with one attached hydrogen (secondary N) is 2. The van der Waals surface area contributed by atoms with Gasteiger partial charge in [0.05, 0.1) is 24.0 Å². The predicted octanol–water partition coefficient (Wildman–Crippen LogP) is 3.89. The van der Waals surface area contributed by atoms with Gasteiger partial charge in [-0.15, -0.1) is 0 Å². The van der Waals surface area contributed by atoms with Crippen molar-refractivity contribution in [2.24, 2.45) is 0 Å². The van der Waals surface area contributed by atoms with Crippen LogP contribution in [0.5, 0.6) is 5.75 Å². The van der Waals surface area contributed by atoms with Gasteiger partial charge in [-0.25, -0.2) is 12.8 Å². The number of methoxy groups -OCH3 is 1. The second kappa shape index (κ2) is 8.10. The molecule has 3 aromatic carbocycles. The molecule has 3 aromatic rings. The van der Waals surface area contributed by atoms with Crippen LogP contribution in [0.4, 0.5) is 15.8 Å². The predicted molar refractivity (Wildman–Crippen MR) is 105 cm³/mol. The first-order valence-electron chi connectivity index (χ1n) is 8.23. The van der Waals surface area contributed by atoms with Gasteiger partial charge in [0.15, 0.2) is 0 Å². The molecule has 0 unspecified atom stereocenters. The molecule has 0 aromatic heterocycles. The third-order valence-corrected chi connectivity index (χ3v) is 5.30. The number of halogens is 1. The van der Waals surface area contributed by atoms with Crippen LogP contribution in [-0.2, 0) is 10.0 Å². The van der Waals surface area contributed by atoms with Crippen molar-refractivity contribution in [3.8, 4) is 5.75 Å². The van der Waals surface area contributed by atoms with Crippen LogP contribution < -0.4 is 14.8 Å². The van der Waals surface area contributed by atoms with Gasteiger partial charge < -0.3 is 10.1 Å². The number of hydrogen-bond donors (Lipinski definition) is 2. The van der Waals surface area contributed by atoms with Gasteiger partial charge in [-0.3, -0.25) is 9.52 Å². The quantitative estimate of drug-likeness (QED) is 0.658. The largest absolute Gasteiger partial charge is 0.495 e. The van der Waals surface area contributed by atoms with Crippen LogP contribution in [0, 0.1) is 5.82 Å². The molecular formula is C20H17FN2O4S. The standard InChI is InChI=1S/C20H17FN2O4S/c1-27-18-12-6-5-11-17(18)22-20(24)14-8-2-4-10-16(14)23-28(25,26)19-13-7-3-9-15(19)21/h2-13,23H,1H3,(H,22,24). The number of para-hydroxylation sites is 3. The normalized spacial score (nSPS) is 10.9. The van der Waals surface area contributed by atoms with Crippen LogP contribution in [0.2, 0.25) is 0 Å². The number of anilines is 2. The summed E-state index contributed by atoms with van der Waals surface area (Å²) in [5.74, 6) is -0.970. The van der Waals surface area contributed by atoms with Gasteiger partial charge >= 0.3 is 0 Å². The molecule has 0 bridgehead atoms. The fourth-order valence-electron chi connectivity index (χ4n) is 2.57. The Balaban J connectivity index is 1.91. The highest BCUT2D eigenvalue weighted by Gasteiger charge is 2.21. The third-order valence-electron chi connectivity index (χ3n) is 3.90. The summed E-state index contributed by atoms with van der Waals surface area (Å²) in [6, 6.07) is 17.9. The number of sulfonamides is 1. The minimum Gasteiger partial charge on any atom is -0.495 e. The maximum atomic E-state index is 13.9. The molecular weight excluding hydrogens is 383 g/mol. The van der Waals surface area contributed by atoms with Crippen molar-refractivity contribution in [3.63, 3.8) is 0 Å². The zero-order valence-corrected chi connectivity index (χ0v) is 15.7. The van der Waals surface area contributed by atoms with Gasteiger partial charge in [0.1, 0.15) is 16.5 Å². The smallest absolute Gasteiger partial charge is 0.264 e. The molecule has 2 N–H and O–H groups in total. The van der Waals surface area contributed by atoms with Crippen molar-refractivity contribution >= 4 is 27.3 Å². The molecule has 0 atom stereocenters. The van der Waals surface area contributed by atoms with E-state index < -0.39 is 26.6 Å². The highest BCUT2D eigenvalue weighted by Crippen LogP contribution is 2.26. The molecule has 3 rings (SSSR count). The third kappa shape index (κ3) is 4.12. The first-order valence-corrected chi connectivity index (χ1v) is 9.71. The Morgan fingerprint density at radius 3 is 2.21 bits per heavy atom. The monoisotopic (exact) mass is 400 g/mol. The van der Waals surface area contributed by atoms with Crippen molar-refractivity contribution in [3.05, 3.63) is 84.2 Å². The van der Waals surface area contributed by atoms with Crippen molar-refractivity contribution in [2.75, 3.05) is 17.1 Å². The first-order chi connectivity index (χ1) is 13.4. The number of ether oxygens (including phenoxy) is 1. The lowest BCUT2D eigenvalue weighted by Crippen LogP contribution is -2.19. The van der Waals surface area contributed by atoms with Crippen molar-refractivity contribution in [2.45, 2.75) is 4.90 Å². The summed E-state index contributed by atoms with van der Waals surface area (Å²) in [7, 11) is -2.74. The van der Waals surface area contributed by atoms with E-state index in [0.29, 0.717) is 11.4 Å². The molecule has 0 fully saturated rings. The van der Waals surface area contributed by atoms with Crippen LogP contribution in [0.3, 0.4) is 0 Å². The molecule has 0 saturated heterocycles. The Hall–Kier alpha value is -3.39. The van der Waals surface area contributed by atoms with E-state index in [1.807, 2.05) is 0 Å². The summed E-state index contributed by atoms with van der Waals surface area (Å²) in [5, 5.41) is 2.68. The van der Waals surface area contributed by atoms with E-state index in [1.165, 1.54) is 31.4 Å². The summed E-state index contributed by atoms with van der Waals surface area (Å²) in [4.78, 5) is 12.2. The highest BCUT2D eigenvalue weighted by atomic mass is 32.2. The van der Waals surface area contributed by atoms with Gasteiger partial charge in [-0.05, 0) is 36.4 Å². The molecule has 0 aliphatic carbocycles. The highest BCUT2D eigenvalue weighted by molar-refractivity contribution is 7.92. The van der Waals surface area contributed by atoms with Gasteiger partial charge in [0.25, 0.3) is 15.9 Å². The number of benzene rings is 3. The minimum atomic E-state index is -4.22.